The molecule has 0 amide bonds. The fourth-order valence-electron chi connectivity index (χ4n) is 5.43. The van der Waals surface area contributed by atoms with E-state index in [0.29, 0.717) is 12.8 Å². The number of ether oxygens (including phenoxy) is 3. The van der Waals surface area contributed by atoms with Gasteiger partial charge in [-0.2, -0.15) is 0 Å². The SMILES string of the molecule is CC/C=C/C=C/C=C/C=C/C=C/CCCCCC(=O)OCC(COC(=O)CCC/C=C/C=C/C=C/C=C/C=C/CC)OC(=O)CCCCCCCCC/C=C/C=C/C=C/CC. The van der Waals surface area contributed by atoms with Gasteiger partial charge in [-0.25, -0.2) is 0 Å². The van der Waals surface area contributed by atoms with E-state index in [2.05, 4.69) is 75.5 Å². The molecule has 0 aromatic rings. The predicted octanol–water partition coefficient (Wildman–Crippen LogP) is 15.1. The van der Waals surface area contributed by atoms with Crippen LogP contribution in [0.25, 0.3) is 0 Å². The quantitative estimate of drug-likeness (QED) is 0.0267. The second-order valence-electron chi connectivity index (χ2n) is 14.5. The van der Waals surface area contributed by atoms with Crippen LogP contribution in [0.15, 0.2) is 158 Å². The van der Waals surface area contributed by atoms with E-state index in [-0.39, 0.29) is 50.4 Å². The molecule has 0 aliphatic rings. The van der Waals surface area contributed by atoms with Crippen molar-refractivity contribution in [1.82, 2.24) is 0 Å². The highest BCUT2D eigenvalue weighted by Gasteiger charge is 2.19. The molecule has 61 heavy (non-hydrogen) atoms. The van der Waals surface area contributed by atoms with Gasteiger partial charge in [0.25, 0.3) is 0 Å². The summed E-state index contributed by atoms with van der Waals surface area (Å²) >= 11 is 0. The second-order valence-corrected chi connectivity index (χ2v) is 14.5. The van der Waals surface area contributed by atoms with E-state index in [0.717, 1.165) is 77.0 Å². The normalized spacial score (nSPS) is 13.6. The maximum atomic E-state index is 12.8. The summed E-state index contributed by atoms with van der Waals surface area (Å²) in [7, 11) is 0. The van der Waals surface area contributed by atoms with Gasteiger partial charge in [-0.05, 0) is 70.6 Å². The number of carbonyl (C=O) groups excluding carboxylic acids is 3. The predicted molar refractivity (Wildman–Crippen MR) is 260 cm³/mol. The lowest BCUT2D eigenvalue weighted by Gasteiger charge is -2.18. The Labute approximate surface area is 371 Å². The van der Waals surface area contributed by atoms with E-state index >= 15 is 0 Å². The third-order valence-corrected chi connectivity index (χ3v) is 8.83. The van der Waals surface area contributed by atoms with Crippen LogP contribution in [0.2, 0.25) is 0 Å². The van der Waals surface area contributed by atoms with Crippen molar-refractivity contribution in [3.63, 3.8) is 0 Å². The van der Waals surface area contributed by atoms with E-state index < -0.39 is 6.10 Å². The standard InChI is InChI=1S/C55H80O6/c1-4-7-10-13-16-19-22-25-27-30-33-36-39-42-45-48-54(57)60-51-52(50-59-53(56)47-44-41-38-35-32-29-24-21-18-15-12-9-6-3)61-55(58)49-46-43-40-37-34-31-28-26-23-20-17-14-11-8-5-2/h7-25,27,29-30,32-33,35,38,52H,4-6,26,28,31,34,36-37,39-51H2,1-3H3/b10-7+,11-8+,12-9+,16-13+,17-14+,18-15+,22-19+,23-20+,24-21+,27-25+,32-29+,33-30+,38-35+. The summed E-state index contributed by atoms with van der Waals surface area (Å²) in [4.78, 5) is 37.8. The molecule has 0 aliphatic heterocycles. The van der Waals surface area contributed by atoms with Crippen molar-refractivity contribution >= 4 is 17.9 Å². The van der Waals surface area contributed by atoms with Crippen molar-refractivity contribution in [3.05, 3.63) is 158 Å². The smallest absolute Gasteiger partial charge is 0.306 e. The molecule has 1 unspecified atom stereocenters. The Hall–Kier alpha value is -4.97. The van der Waals surface area contributed by atoms with Crippen LogP contribution in [-0.2, 0) is 28.6 Å². The summed E-state index contributed by atoms with van der Waals surface area (Å²) in [5.74, 6) is -1.08. The molecule has 336 valence electrons. The highest BCUT2D eigenvalue weighted by molar-refractivity contribution is 5.71. The topological polar surface area (TPSA) is 78.9 Å². The zero-order valence-corrected chi connectivity index (χ0v) is 38.1. The molecule has 0 spiro atoms. The van der Waals surface area contributed by atoms with E-state index in [1.54, 1.807) is 0 Å². The molecule has 0 aromatic carbocycles. The zero-order chi connectivity index (χ0) is 44.4. The Balaban J connectivity index is 4.64. The number of hydrogen-bond donors (Lipinski definition) is 0. The van der Waals surface area contributed by atoms with Crippen LogP contribution >= 0.6 is 0 Å². The number of unbranched alkanes of at least 4 members (excludes halogenated alkanes) is 11. The average molecular weight is 837 g/mol. The minimum atomic E-state index is -0.838. The fourth-order valence-corrected chi connectivity index (χ4v) is 5.43. The number of carbonyl (C=O) groups is 3. The van der Waals surface area contributed by atoms with Gasteiger partial charge in [0.2, 0.25) is 0 Å². The Kier molecular flexibility index (Phi) is 43.8. The fraction of sp³-hybridized carbons (Fsp3) is 0.473. The van der Waals surface area contributed by atoms with Crippen LogP contribution in [0, 0.1) is 0 Å². The van der Waals surface area contributed by atoms with E-state index in [1.807, 2.05) is 103 Å². The van der Waals surface area contributed by atoms with Gasteiger partial charge < -0.3 is 14.2 Å². The van der Waals surface area contributed by atoms with Crippen LogP contribution in [0.1, 0.15) is 149 Å². The first-order valence-corrected chi connectivity index (χ1v) is 23.2. The number of rotatable bonds is 38. The summed E-state index contributed by atoms with van der Waals surface area (Å²) in [6, 6.07) is 0. The van der Waals surface area contributed by atoms with E-state index in [9.17, 15) is 14.4 Å². The van der Waals surface area contributed by atoms with Crippen molar-refractivity contribution in [2.24, 2.45) is 0 Å². The largest absolute Gasteiger partial charge is 0.462 e. The minimum Gasteiger partial charge on any atom is -0.462 e. The van der Waals surface area contributed by atoms with Crippen LogP contribution < -0.4 is 0 Å². The van der Waals surface area contributed by atoms with Crippen LogP contribution in [-0.4, -0.2) is 37.2 Å². The van der Waals surface area contributed by atoms with Crippen LogP contribution in [0.3, 0.4) is 0 Å². The summed E-state index contributed by atoms with van der Waals surface area (Å²) < 4.78 is 16.6. The zero-order valence-electron chi connectivity index (χ0n) is 38.1. The molecule has 1 atom stereocenters. The lowest BCUT2D eigenvalue weighted by atomic mass is 10.1. The van der Waals surface area contributed by atoms with Gasteiger partial charge in [0, 0.05) is 19.3 Å². The van der Waals surface area contributed by atoms with E-state index in [4.69, 9.17) is 14.2 Å². The highest BCUT2D eigenvalue weighted by Crippen LogP contribution is 2.12. The maximum absolute atomic E-state index is 12.8. The Morgan fingerprint density at radius 2 is 0.607 bits per heavy atom. The first-order valence-electron chi connectivity index (χ1n) is 23.2. The van der Waals surface area contributed by atoms with Gasteiger partial charge in [0.1, 0.15) is 13.2 Å². The van der Waals surface area contributed by atoms with Crippen molar-refractivity contribution in [2.75, 3.05) is 13.2 Å². The third kappa shape index (κ3) is 46.0. The minimum absolute atomic E-state index is 0.136. The molecular formula is C55H80O6. The summed E-state index contributed by atoms with van der Waals surface area (Å²) in [6.45, 7) is 6.06. The molecule has 0 bridgehead atoms. The number of esters is 3. The summed E-state index contributed by atoms with van der Waals surface area (Å²) in [5.41, 5.74) is 0. The van der Waals surface area contributed by atoms with Crippen molar-refractivity contribution in [3.8, 4) is 0 Å². The monoisotopic (exact) mass is 837 g/mol. The second kappa shape index (κ2) is 47.7. The molecule has 0 saturated carbocycles. The molecule has 0 saturated heterocycles. The van der Waals surface area contributed by atoms with Crippen LogP contribution in [0.5, 0.6) is 0 Å². The molecular weight excluding hydrogens is 757 g/mol. The highest BCUT2D eigenvalue weighted by atomic mass is 16.6. The molecule has 0 aliphatic carbocycles. The molecule has 6 nitrogen and oxygen atoms in total. The summed E-state index contributed by atoms with van der Waals surface area (Å²) in [5, 5.41) is 0. The third-order valence-electron chi connectivity index (χ3n) is 8.83. The first kappa shape index (κ1) is 56.0. The first-order chi connectivity index (χ1) is 30.0. The molecule has 0 aromatic heterocycles. The molecule has 0 radical (unpaired) electrons. The lowest BCUT2D eigenvalue weighted by molar-refractivity contribution is -0.167. The van der Waals surface area contributed by atoms with Gasteiger partial charge >= 0.3 is 17.9 Å². The van der Waals surface area contributed by atoms with Crippen molar-refractivity contribution < 1.29 is 28.6 Å². The van der Waals surface area contributed by atoms with Gasteiger partial charge in [0.05, 0.1) is 0 Å². The Bertz CT molecular complexity index is 1470. The average Bonchev–Trinajstić information content (AvgIpc) is 3.26. The number of allylic oxidation sites excluding steroid dienone is 26. The van der Waals surface area contributed by atoms with Crippen LogP contribution in [0.4, 0.5) is 0 Å². The number of hydrogen-bond acceptors (Lipinski definition) is 6. The lowest BCUT2D eigenvalue weighted by Crippen LogP contribution is -2.30. The molecule has 0 N–H and O–H groups in total. The molecule has 0 fully saturated rings. The van der Waals surface area contributed by atoms with Gasteiger partial charge in [-0.3, -0.25) is 14.4 Å². The molecule has 0 heterocycles. The van der Waals surface area contributed by atoms with E-state index in [1.165, 1.54) is 19.3 Å². The van der Waals surface area contributed by atoms with Gasteiger partial charge in [-0.1, -0.05) is 217 Å². The molecule has 0 rings (SSSR count). The van der Waals surface area contributed by atoms with Gasteiger partial charge in [0.15, 0.2) is 6.10 Å². The Morgan fingerprint density at radius 3 is 1.00 bits per heavy atom. The maximum Gasteiger partial charge on any atom is 0.306 e. The van der Waals surface area contributed by atoms with Crippen molar-refractivity contribution in [2.45, 2.75) is 155 Å². The van der Waals surface area contributed by atoms with Crippen molar-refractivity contribution in [1.29, 1.82) is 0 Å². The van der Waals surface area contributed by atoms with Gasteiger partial charge in [-0.15, -0.1) is 0 Å². The Morgan fingerprint density at radius 1 is 0.328 bits per heavy atom. The molecule has 6 heteroatoms. The summed E-state index contributed by atoms with van der Waals surface area (Å²) in [6.07, 6.45) is 69.4.